The Hall–Kier alpha value is 0.240. The van der Waals surface area contributed by atoms with Crippen LogP contribution in [0.1, 0.15) is 31.4 Å². The second kappa shape index (κ2) is 6.67. The van der Waals surface area contributed by atoms with Crippen LogP contribution in [0.4, 0.5) is 0 Å². The molecule has 0 aliphatic carbocycles. The molecule has 0 aliphatic heterocycles. The zero-order chi connectivity index (χ0) is 9.84. The first kappa shape index (κ1) is 14.2. The fraction of sp³-hybridized carbons (Fsp3) is 0.400. The summed E-state index contributed by atoms with van der Waals surface area (Å²) in [6.45, 7) is 2.12. The van der Waals surface area contributed by atoms with E-state index in [1.165, 1.54) is 0 Å². The maximum Gasteiger partial charge on any atom is 0.0464 e. The highest BCUT2D eigenvalue weighted by molar-refractivity contribution is 9.10. The second-order valence-electron chi connectivity index (χ2n) is 3.06. The van der Waals surface area contributed by atoms with Gasteiger partial charge in [-0.15, -0.1) is 12.4 Å². The number of benzene rings is 1. The van der Waals surface area contributed by atoms with Gasteiger partial charge in [0.2, 0.25) is 0 Å². The predicted octanol–water partition coefficient (Wildman–Crippen LogP) is 4.32. The number of hydrogen-bond donors (Lipinski definition) is 1. The SMILES string of the molecule is CCC[C@@H](N)c1ccc(Br)cc1Cl.Cl. The van der Waals surface area contributed by atoms with Crippen LogP contribution in [0.2, 0.25) is 5.02 Å². The summed E-state index contributed by atoms with van der Waals surface area (Å²) >= 11 is 9.41. The van der Waals surface area contributed by atoms with E-state index in [1.807, 2.05) is 18.2 Å². The largest absolute Gasteiger partial charge is 0.324 e. The molecule has 14 heavy (non-hydrogen) atoms. The Labute approximate surface area is 105 Å². The molecular weight excluding hydrogens is 285 g/mol. The molecule has 0 saturated heterocycles. The molecule has 0 unspecified atom stereocenters. The van der Waals surface area contributed by atoms with Crippen LogP contribution in [-0.4, -0.2) is 0 Å². The van der Waals surface area contributed by atoms with Crippen molar-refractivity contribution in [3.05, 3.63) is 33.3 Å². The molecule has 0 fully saturated rings. The van der Waals surface area contributed by atoms with Crippen LogP contribution in [0.5, 0.6) is 0 Å². The van der Waals surface area contributed by atoms with E-state index in [-0.39, 0.29) is 18.4 Å². The molecule has 1 rings (SSSR count). The first-order valence-corrected chi connectivity index (χ1v) is 5.52. The number of nitrogens with two attached hydrogens (primary N) is 1. The Morgan fingerprint density at radius 3 is 2.64 bits per heavy atom. The van der Waals surface area contributed by atoms with E-state index < -0.39 is 0 Å². The van der Waals surface area contributed by atoms with Gasteiger partial charge in [0.25, 0.3) is 0 Å². The van der Waals surface area contributed by atoms with Gasteiger partial charge in [-0.3, -0.25) is 0 Å². The lowest BCUT2D eigenvalue weighted by Gasteiger charge is -2.12. The van der Waals surface area contributed by atoms with E-state index >= 15 is 0 Å². The lowest BCUT2D eigenvalue weighted by molar-refractivity contribution is 0.638. The average Bonchev–Trinajstić information content (AvgIpc) is 2.04. The summed E-state index contributed by atoms with van der Waals surface area (Å²) in [5.41, 5.74) is 6.99. The van der Waals surface area contributed by atoms with Crippen molar-refractivity contribution in [3.63, 3.8) is 0 Å². The molecule has 0 aromatic heterocycles. The lowest BCUT2D eigenvalue weighted by Crippen LogP contribution is -2.10. The molecule has 1 nitrogen and oxygen atoms in total. The summed E-state index contributed by atoms with van der Waals surface area (Å²) < 4.78 is 0.991. The van der Waals surface area contributed by atoms with E-state index in [1.54, 1.807) is 0 Å². The van der Waals surface area contributed by atoms with Gasteiger partial charge >= 0.3 is 0 Å². The molecule has 4 heteroatoms. The Kier molecular flexibility index (Phi) is 6.79. The number of halogens is 3. The summed E-state index contributed by atoms with van der Waals surface area (Å²) in [7, 11) is 0. The van der Waals surface area contributed by atoms with Crippen molar-refractivity contribution < 1.29 is 0 Å². The van der Waals surface area contributed by atoms with Crippen LogP contribution in [0.3, 0.4) is 0 Å². The Morgan fingerprint density at radius 2 is 2.14 bits per heavy atom. The molecule has 0 heterocycles. The van der Waals surface area contributed by atoms with E-state index in [2.05, 4.69) is 22.9 Å². The lowest BCUT2D eigenvalue weighted by atomic mass is 10.0. The monoisotopic (exact) mass is 297 g/mol. The number of rotatable bonds is 3. The minimum atomic E-state index is 0. The zero-order valence-corrected chi connectivity index (χ0v) is 11.1. The van der Waals surface area contributed by atoms with Gasteiger partial charge in [0.05, 0.1) is 0 Å². The summed E-state index contributed by atoms with van der Waals surface area (Å²) in [5, 5.41) is 0.746. The van der Waals surface area contributed by atoms with Crippen molar-refractivity contribution in [2.45, 2.75) is 25.8 Å². The minimum Gasteiger partial charge on any atom is -0.324 e. The molecule has 0 saturated carbocycles. The highest BCUT2D eigenvalue weighted by atomic mass is 79.9. The van der Waals surface area contributed by atoms with E-state index in [0.717, 1.165) is 27.9 Å². The van der Waals surface area contributed by atoms with Crippen LogP contribution in [0.25, 0.3) is 0 Å². The molecule has 1 aromatic rings. The summed E-state index contributed by atoms with van der Waals surface area (Å²) in [6.07, 6.45) is 2.05. The quantitative estimate of drug-likeness (QED) is 0.883. The van der Waals surface area contributed by atoms with Crippen LogP contribution in [-0.2, 0) is 0 Å². The summed E-state index contributed by atoms with van der Waals surface area (Å²) in [5.74, 6) is 0. The van der Waals surface area contributed by atoms with Gasteiger partial charge in [-0.1, -0.05) is 46.9 Å². The molecule has 0 amide bonds. The van der Waals surface area contributed by atoms with Crippen molar-refractivity contribution in [3.8, 4) is 0 Å². The Balaban J connectivity index is 0.00000169. The first-order valence-electron chi connectivity index (χ1n) is 4.35. The maximum atomic E-state index is 6.05. The van der Waals surface area contributed by atoms with Crippen molar-refractivity contribution >= 4 is 39.9 Å². The smallest absolute Gasteiger partial charge is 0.0464 e. The average molecular weight is 299 g/mol. The summed E-state index contributed by atoms with van der Waals surface area (Å²) in [6, 6.07) is 5.89. The third kappa shape index (κ3) is 3.77. The molecule has 2 N–H and O–H groups in total. The third-order valence-electron chi connectivity index (χ3n) is 1.96. The van der Waals surface area contributed by atoms with Gasteiger partial charge in [-0.2, -0.15) is 0 Å². The summed E-state index contributed by atoms with van der Waals surface area (Å²) in [4.78, 5) is 0. The van der Waals surface area contributed by atoms with Crippen molar-refractivity contribution in [1.82, 2.24) is 0 Å². The maximum absolute atomic E-state index is 6.05. The van der Waals surface area contributed by atoms with Crippen molar-refractivity contribution in [1.29, 1.82) is 0 Å². The molecule has 1 aromatic carbocycles. The molecule has 0 aliphatic rings. The molecule has 0 bridgehead atoms. The van der Waals surface area contributed by atoms with Crippen LogP contribution in [0.15, 0.2) is 22.7 Å². The van der Waals surface area contributed by atoms with Crippen LogP contribution < -0.4 is 5.73 Å². The predicted molar refractivity (Wildman–Crippen MR) is 68.2 cm³/mol. The van der Waals surface area contributed by atoms with Gasteiger partial charge in [0.1, 0.15) is 0 Å². The normalized spacial score (nSPS) is 12.0. The number of hydrogen-bond acceptors (Lipinski definition) is 1. The molecular formula is C10H14BrCl2N. The fourth-order valence-corrected chi connectivity index (χ4v) is 2.08. The Bertz CT molecular complexity index is 291. The van der Waals surface area contributed by atoms with Crippen LogP contribution in [0, 0.1) is 0 Å². The highest BCUT2D eigenvalue weighted by Crippen LogP contribution is 2.27. The van der Waals surface area contributed by atoms with E-state index in [4.69, 9.17) is 17.3 Å². The second-order valence-corrected chi connectivity index (χ2v) is 4.38. The molecule has 80 valence electrons. The topological polar surface area (TPSA) is 26.0 Å². The van der Waals surface area contributed by atoms with Gasteiger partial charge in [-0.25, -0.2) is 0 Å². The van der Waals surface area contributed by atoms with Gasteiger partial charge in [-0.05, 0) is 24.1 Å². The van der Waals surface area contributed by atoms with Crippen molar-refractivity contribution in [2.75, 3.05) is 0 Å². The molecule has 0 spiro atoms. The highest BCUT2D eigenvalue weighted by Gasteiger charge is 2.08. The third-order valence-corrected chi connectivity index (χ3v) is 2.78. The van der Waals surface area contributed by atoms with E-state index in [9.17, 15) is 0 Å². The minimum absolute atomic E-state index is 0. The van der Waals surface area contributed by atoms with E-state index in [0.29, 0.717) is 0 Å². The van der Waals surface area contributed by atoms with Crippen LogP contribution >= 0.6 is 39.9 Å². The Morgan fingerprint density at radius 1 is 1.50 bits per heavy atom. The standard InChI is InChI=1S/C10H13BrClN.ClH/c1-2-3-10(13)8-5-4-7(11)6-9(8)12;/h4-6,10H,2-3,13H2,1H3;1H/t10-;/m1./s1. The fourth-order valence-electron chi connectivity index (χ4n) is 1.27. The molecule has 0 radical (unpaired) electrons. The van der Waals surface area contributed by atoms with Crippen molar-refractivity contribution in [2.24, 2.45) is 5.73 Å². The zero-order valence-electron chi connectivity index (χ0n) is 7.97. The first-order chi connectivity index (χ1) is 6.15. The molecule has 1 atom stereocenters. The van der Waals surface area contributed by atoms with Gasteiger partial charge in [0.15, 0.2) is 0 Å². The van der Waals surface area contributed by atoms with Gasteiger partial charge in [0, 0.05) is 15.5 Å². The van der Waals surface area contributed by atoms with Gasteiger partial charge < -0.3 is 5.73 Å².